The Hall–Kier alpha value is -1.09. The average Bonchev–Trinajstić information content (AvgIpc) is 2.79. The topological polar surface area (TPSA) is 102 Å². The molecule has 2 N–H and O–H groups in total. The van der Waals surface area contributed by atoms with Crippen LogP contribution in [-0.2, 0) is 9.84 Å². The number of hydrogen-bond acceptors (Lipinski definition) is 8. The molecule has 7 nitrogen and oxygen atoms in total. The van der Waals surface area contributed by atoms with E-state index in [9.17, 15) is 8.42 Å². The summed E-state index contributed by atoms with van der Waals surface area (Å²) in [4.78, 5) is 14.5. The van der Waals surface area contributed by atoms with Crippen molar-refractivity contribution in [3.63, 3.8) is 0 Å². The molecule has 1 aromatic rings. The minimum absolute atomic E-state index is 0.0995. The summed E-state index contributed by atoms with van der Waals surface area (Å²) in [7, 11) is -2.96. The van der Waals surface area contributed by atoms with E-state index in [1.54, 1.807) is 0 Å². The molecule has 1 fully saturated rings. The molecule has 2 rings (SSSR count). The molecule has 0 unspecified atom stereocenters. The number of nitrogen functional groups attached to an aromatic ring is 1. The van der Waals surface area contributed by atoms with Gasteiger partial charge in [0.25, 0.3) is 0 Å². The van der Waals surface area contributed by atoms with Crippen molar-refractivity contribution in [3.05, 3.63) is 0 Å². The second-order valence-corrected chi connectivity index (χ2v) is 7.77. The molecule has 1 aliphatic rings. The van der Waals surface area contributed by atoms with E-state index in [0.717, 1.165) is 25.9 Å². The van der Waals surface area contributed by atoms with Gasteiger partial charge in [-0.2, -0.15) is 15.0 Å². The Morgan fingerprint density at radius 3 is 2.58 bits per heavy atom. The van der Waals surface area contributed by atoms with Crippen LogP contribution in [0.25, 0.3) is 0 Å². The maximum Gasteiger partial charge on any atom is 0.231 e. The summed E-state index contributed by atoms with van der Waals surface area (Å²) in [6.45, 7) is 1.85. The van der Waals surface area contributed by atoms with Gasteiger partial charge >= 0.3 is 0 Å². The summed E-state index contributed by atoms with van der Waals surface area (Å²) in [5.74, 6) is 1.29. The maximum atomic E-state index is 11.1. The van der Waals surface area contributed by atoms with Gasteiger partial charge in [-0.3, -0.25) is 0 Å². The number of thioether (sulfide) groups is 1. The van der Waals surface area contributed by atoms with Gasteiger partial charge in [-0.05, 0) is 12.8 Å². The van der Waals surface area contributed by atoms with Gasteiger partial charge < -0.3 is 10.6 Å². The molecule has 1 saturated heterocycles. The van der Waals surface area contributed by atoms with Crippen molar-refractivity contribution >= 4 is 33.5 Å². The Labute approximate surface area is 116 Å². The summed E-state index contributed by atoms with van der Waals surface area (Å²) in [5.41, 5.74) is 5.66. The first-order chi connectivity index (χ1) is 8.94. The summed E-state index contributed by atoms with van der Waals surface area (Å²) >= 11 is 1.29. The van der Waals surface area contributed by atoms with E-state index in [-0.39, 0.29) is 11.7 Å². The zero-order chi connectivity index (χ0) is 13.9. The Kier molecular flexibility index (Phi) is 4.46. The molecule has 0 aliphatic carbocycles. The van der Waals surface area contributed by atoms with E-state index in [2.05, 4.69) is 19.9 Å². The lowest BCUT2D eigenvalue weighted by Crippen LogP contribution is -2.21. The summed E-state index contributed by atoms with van der Waals surface area (Å²) in [6, 6.07) is 0. The van der Waals surface area contributed by atoms with E-state index < -0.39 is 9.84 Å². The highest BCUT2D eigenvalue weighted by atomic mass is 32.2. The standard InChI is InChI=1S/C10H17N5O2S2/c1-19(16,17)7-6-18-10-13-8(11)12-9(14-10)15-4-2-3-5-15/h2-7H2,1H3,(H2,11,12,13,14). The van der Waals surface area contributed by atoms with Crippen LogP contribution in [0.1, 0.15) is 12.8 Å². The largest absolute Gasteiger partial charge is 0.368 e. The third-order valence-corrected chi connectivity index (χ3v) is 4.75. The first-order valence-corrected chi connectivity index (χ1v) is 9.06. The molecule has 1 aromatic heterocycles. The van der Waals surface area contributed by atoms with Crippen molar-refractivity contribution in [2.75, 3.05) is 41.5 Å². The normalized spacial score (nSPS) is 15.9. The van der Waals surface area contributed by atoms with Gasteiger partial charge in [-0.15, -0.1) is 0 Å². The number of nitrogens with two attached hydrogens (primary N) is 1. The number of anilines is 2. The van der Waals surface area contributed by atoms with Crippen molar-refractivity contribution in [1.82, 2.24) is 15.0 Å². The second kappa shape index (κ2) is 5.91. The van der Waals surface area contributed by atoms with Crippen LogP contribution < -0.4 is 10.6 Å². The Morgan fingerprint density at radius 1 is 1.26 bits per heavy atom. The number of hydrogen-bond donors (Lipinski definition) is 1. The minimum atomic E-state index is -2.96. The molecular formula is C10H17N5O2S2. The molecule has 0 radical (unpaired) electrons. The molecule has 2 heterocycles. The van der Waals surface area contributed by atoms with Crippen molar-refractivity contribution in [2.24, 2.45) is 0 Å². The number of nitrogens with zero attached hydrogens (tertiary/aromatic N) is 4. The lowest BCUT2D eigenvalue weighted by atomic mass is 10.4. The summed E-state index contributed by atoms with van der Waals surface area (Å²) in [5, 5.41) is 0.484. The molecule has 9 heteroatoms. The minimum Gasteiger partial charge on any atom is -0.368 e. The van der Waals surface area contributed by atoms with Crippen LogP contribution >= 0.6 is 11.8 Å². The van der Waals surface area contributed by atoms with Crippen LogP contribution in [0.5, 0.6) is 0 Å². The number of rotatable bonds is 5. The lowest BCUT2D eigenvalue weighted by Gasteiger charge is -2.15. The Balaban J connectivity index is 2.04. The van der Waals surface area contributed by atoms with Crippen molar-refractivity contribution in [3.8, 4) is 0 Å². The van der Waals surface area contributed by atoms with Gasteiger partial charge in [0.15, 0.2) is 5.16 Å². The van der Waals surface area contributed by atoms with Crippen LogP contribution in [0, 0.1) is 0 Å². The monoisotopic (exact) mass is 303 g/mol. The number of sulfone groups is 1. The molecule has 1 aliphatic heterocycles. The highest BCUT2D eigenvalue weighted by molar-refractivity contribution is 8.00. The zero-order valence-corrected chi connectivity index (χ0v) is 12.4. The van der Waals surface area contributed by atoms with E-state index in [0.29, 0.717) is 16.9 Å². The van der Waals surface area contributed by atoms with Crippen molar-refractivity contribution in [2.45, 2.75) is 18.0 Å². The van der Waals surface area contributed by atoms with E-state index in [1.807, 2.05) is 0 Å². The van der Waals surface area contributed by atoms with Gasteiger partial charge in [-0.25, -0.2) is 8.42 Å². The molecular weight excluding hydrogens is 286 g/mol. The fraction of sp³-hybridized carbons (Fsp3) is 0.700. The first-order valence-electron chi connectivity index (χ1n) is 6.01. The molecule has 19 heavy (non-hydrogen) atoms. The molecule has 0 aromatic carbocycles. The van der Waals surface area contributed by atoms with Gasteiger partial charge in [0.1, 0.15) is 9.84 Å². The third kappa shape index (κ3) is 4.50. The van der Waals surface area contributed by atoms with Crippen LogP contribution in [0.15, 0.2) is 5.16 Å². The molecule has 0 atom stereocenters. The van der Waals surface area contributed by atoms with Crippen LogP contribution in [0.4, 0.5) is 11.9 Å². The Bertz CT molecular complexity index is 543. The Morgan fingerprint density at radius 2 is 1.95 bits per heavy atom. The second-order valence-electron chi connectivity index (χ2n) is 4.45. The average molecular weight is 303 g/mol. The fourth-order valence-electron chi connectivity index (χ4n) is 1.77. The van der Waals surface area contributed by atoms with Crippen LogP contribution in [-0.4, -0.2) is 54.2 Å². The highest BCUT2D eigenvalue weighted by Gasteiger charge is 2.17. The van der Waals surface area contributed by atoms with Gasteiger partial charge in [-0.1, -0.05) is 11.8 Å². The molecule has 106 valence electrons. The van der Waals surface area contributed by atoms with E-state index in [1.165, 1.54) is 18.0 Å². The summed E-state index contributed by atoms with van der Waals surface area (Å²) < 4.78 is 22.1. The summed E-state index contributed by atoms with van der Waals surface area (Å²) in [6.07, 6.45) is 3.47. The van der Waals surface area contributed by atoms with Crippen molar-refractivity contribution < 1.29 is 8.42 Å². The van der Waals surface area contributed by atoms with Crippen LogP contribution in [0.3, 0.4) is 0 Å². The van der Waals surface area contributed by atoms with E-state index >= 15 is 0 Å². The first kappa shape index (κ1) is 14.3. The molecule has 0 amide bonds. The van der Waals surface area contributed by atoms with Gasteiger partial charge in [0, 0.05) is 25.1 Å². The lowest BCUT2D eigenvalue weighted by molar-refractivity contribution is 0.603. The molecule has 0 bridgehead atoms. The molecule has 0 spiro atoms. The smallest absolute Gasteiger partial charge is 0.231 e. The van der Waals surface area contributed by atoms with Crippen molar-refractivity contribution in [1.29, 1.82) is 0 Å². The third-order valence-electron chi connectivity index (χ3n) is 2.69. The maximum absolute atomic E-state index is 11.1. The van der Waals surface area contributed by atoms with E-state index in [4.69, 9.17) is 5.73 Å². The van der Waals surface area contributed by atoms with Gasteiger partial charge in [0.05, 0.1) is 5.75 Å². The van der Waals surface area contributed by atoms with Crippen LogP contribution in [0.2, 0.25) is 0 Å². The predicted molar refractivity (Wildman–Crippen MR) is 76.1 cm³/mol. The SMILES string of the molecule is CS(=O)(=O)CCSc1nc(N)nc(N2CCCC2)n1. The predicted octanol–water partition coefficient (Wildman–Crippen LogP) is 0.191. The fourth-order valence-corrected chi connectivity index (χ4v) is 3.80. The quantitative estimate of drug-likeness (QED) is 0.769. The van der Waals surface area contributed by atoms with Gasteiger partial charge in [0.2, 0.25) is 11.9 Å². The highest BCUT2D eigenvalue weighted by Crippen LogP contribution is 2.20. The molecule has 0 saturated carbocycles. The zero-order valence-electron chi connectivity index (χ0n) is 10.7. The number of aromatic nitrogens is 3.